The van der Waals surface area contributed by atoms with E-state index >= 15 is 4.39 Å². The molecule has 248 valence electrons. The Morgan fingerprint density at radius 1 is 1.04 bits per heavy atom. The molecule has 0 aliphatic carbocycles. The van der Waals surface area contributed by atoms with Crippen LogP contribution in [0.3, 0.4) is 0 Å². The number of rotatable bonds is 12. The molecule has 0 unspecified atom stereocenters. The molecule has 1 aliphatic heterocycles. The van der Waals surface area contributed by atoms with Crippen molar-refractivity contribution in [2.24, 2.45) is 5.92 Å². The number of nitrogens with zero attached hydrogens (tertiary/aromatic N) is 1. The fraction of sp³-hybridized carbons (Fsp3) is 0.412. The zero-order valence-corrected chi connectivity index (χ0v) is 28.6. The number of halogens is 3. The van der Waals surface area contributed by atoms with Crippen LogP contribution in [0.5, 0.6) is 0 Å². The fourth-order valence-electron chi connectivity index (χ4n) is 6.29. The maximum absolute atomic E-state index is 15.5. The predicted octanol–water partition coefficient (Wildman–Crippen LogP) is 6.39. The number of sulfonamides is 1. The van der Waals surface area contributed by atoms with Crippen LogP contribution >= 0.6 is 23.2 Å². The van der Waals surface area contributed by atoms with Crippen LogP contribution in [-0.4, -0.2) is 62.9 Å². The second-order valence-electron chi connectivity index (χ2n) is 11.9. The molecule has 2 N–H and O–H groups in total. The molecule has 4 rings (SSSR count). The van der Waals surface area contributed by atoms with Gasteiger partial charge >= 0.3 is 6.09 Å². The zero-order chi connectivity index (χ0) is 33.6. The van der Waals surface area contributed by atoms with Crippen molar-refractivity contribution < 1.29 is 27.1 Å². The van der Waals surface area contributed by atoms with Gasteiger partial charge in [-0.25, -0.2) is 17.6 Å². The van der Waals surface area contributed by atoms with E-state index < -0.39 is 39.9 Å². The highest BCUT2D eigenvalue weighted by atomic mass is 35.5. The second-order valence-corrected chi connectivity index (χ2v) is 14.6. The number of alkyl carbamates (subject to hydrolysis) is 1. The van der Waals surface area contributed by atoms with E-state index in [1.54, 1.807) is 36.4 Å². The first-order valence-electron chi connectivity index (χ1n) is 15.2. The largest absolute Gasteiger partial charge is 0.453 e. The molecule has 3 aromatic rings. The molecule has 0 radical (unpaired) electrons. The van der Waals surface area contributed by atoms with Crippen LogP contribution in [0, 0.1) is 11.7 Å². The Balaban J connectivity index is 1.62. The first kappa shape index (κ1) is 35.8. The molecule has 4 atom stereocenters. The van der Waals surface area contributed by atoms with Crippen molar-refractivity contribution in [3.05, 3.63) is 99.3 Å². The summed E-state index contributed by atoms with van der Waals surface area (Å²) in [5.41, 5.74) is 1.61. The normalized spacial score (nSPS) is 18.6. The number of Topliss-reactive ketones (excluding diaryl/α,β-unsaturated/α-hetero) is 1. The highest BCUT2D eigenvalue weighted by Crippen LogP contribution is 2.32. The lowest BCUT2D eigenvalue weighted by molar-refractivity contribution is -0.121. The van der Waals surface area contributed by atoms with Gasteiger partial charge in [0.05, 0.1) is 18.2 Å². The van der Waals surface area contributed by atoms with E-state index in [0.717, 1.165) is 5.56 Å². The summed E-state index contributed by atoms with van der Waals surface area (Å²) < 4.78 is 49.4. The summed E-state index contributed by atoms with van der Waals surface area (Å²) in [5, 5.41) is 6.68. The van der Waals surface area contributed by atoms with Gasteiger partial charge in [-0.3, -0.25) is 4.79 Å². The van der Waals surface area contributed by atoms with Crippen molar-refractivity contribution in [1.29, 1.82) is 0 Å². The molecule has 1 aliphatic rings. The molecule has 0 bridgehead atoms. The van der Waals surface area contributed by atoms with E-state index in [1.807, 2.05) is 32.9 Å². The molecule has 0 spiro atoms. The van der Waals surface area contributed by atoms with Crippen molar-refractivity contribution >= 4 is 45.1 Å². The van der Waals surface area contributed by atoms with Gasteiger partial charge in [0.2, 0.25) is 10.0 Å². The number of methoxy groups -OCH3 is 1. The van der Waals surface area contributed by atoms with Crippen molar-refractivity contribution in [3.8, 4) is 0 Å². The van der Waals surface area contributed by atoms with Crippen LogP contribution < -0.4 is 10.6 Å². The topological polar surface area (TPSA) is 105 Å². The smallest absolute Gasteiger partial charge is 0.407 e. The second kappa shape index (κ2) is 15.7. The number of hydrogen-bond acceptors (Lipinski definition) is 6. The number of carbonyl (C=O) groups excluding carboxylic acids is 2. The van der Waals surface area contributed by atoms with Crippen LogP contribution in [0.25, 0.3) is 0 Å². The molecule has 0 saturated carbocycles. The van der Waals surface area contributed by atoms with Gasteiger partial charge in [0.15, 0.2) is 5.78 Å². The van der Waals surface area contributed by atoms with Gasteiger partial charge in [0, 0.05) is 42.5 Å². The molecule has 8 nitrogen and oxygen atoms in total. The maximum atomic E-state index is 15.5. The van der Waals surface area contributed by atoms with Gasteiger partial charge < -0.3 is 15.4 Å². The Labute approximate surface area is 280 Å². The van der Waals surface area contributed by atoms with Gasteiger partial charge in [0.25, 0.3) is 0 Å². The minimum absolute atomic E-state index is 0.0251. The van der Waals surface area contributed by atoms with Gasteiger partial charge in [-0.15, -0.1) is 0 Å². The maximum Gasteiger partial charge on any atom is 0.407 e. The lowest BCUT2D eigenvalue weighted by atomic mass is 9.79. The minimum Gasteiger partial charge on any atom is -0.453 e. The summed E-state index contributed by atoms with van der Waals surface area (Å²) in [5.74, 6) is -1.29. The average Bonchev–Trinajstić information content (AvgIpc) is 3.01. The number of hydrogen-bond donors (Lipinski definition) is 2. The number of carbonyl (C=O) groups is 2. The quantitative estimate of drug-likeness (QED) is 0.228. The molecule has 12 heteroatoms. The molecule has 3 aromatic carbocycles. The Morgan fingerprint density at radius 3 is 2.39 bits per heavy atom. The Kier molecular flexibility index (Phi) is 12.2. The molecule has 46 heavy (non-hydrogen) atoms. The first-order chi connectivity index (χ1) is 21.8. The van der Waals surface area contributed by atoms with Gasteiger partial charge in [-0.05, 0) is 72.7 Å². The molecule has 0 aromatic heterocycles. The molecular formula is C34H40Cl2FN3O5S. The standard InChI is InChI=1S/C34H40Cl2FN3O5S/c1-21(2)32(23-12-14-25(35)15-13-23)33(39-34(42)45-4)30(41)18-24-8-7-10-29(37)27(24)17-16-26-20-38-19-22(3)40(26)46(43,44)31-11-6-5-9-28(31)36/h5-15,21-22,26,32-33,38H,16-20H2,1-4H3,(H,39,42)/t22-,26-,32+,33+/m0/s1. The number of ketones is 1. The summed E-state index contributed by atoms with van der Waals surface area (Å²) in [6.45, 7) is 6.56. The van der Waals surface area contributed by atoms with Gasteiger partial charge in [-0.2, -0.15) is 4.31 Å². The summed E-state index contributed by atoms with van der Waals surface area (Å²) in [4.78, 5) is 26.4. The molecule has 1 fully saturated rings. The Bertz CT molecular complexity index is 1640. The van der Waals surface area contributed by atoms with Gasteiger partial charge in [0.1, 0.15) is 10.7 Å². The highest BCUT2D eigenvalue weighted by Gasteiger charge is 2.39. The first-order valence-corrected chi connectivity index (χ1v) is 17.4. The molecular weight excluding hydrogens is 652 g/mol. The molecule has 1 heterocycles. The fourth-order valence-corrected chi connectivity index (χ4v) is 8.76. The lowest BCUT2D eigenvalue weighted by Gasteiger charge is -2.40. The number of ether oxygens (including phenoxy) is 1. The third kappa shape index (κ3) is 8.27. The van der Waals surface area contributed by atoms with E-state index in [0.29, 0.717) is 35.7 Å². The summed E-state index contributed by atoms with van der Waals surface area (Å²) in [6, 6.07) is 16.2. The molecule has 1 saturated heterocycles. The van der Waals surface area contributed by atoms with E-state index in [4.69, 9.17) is 27.9 Å². The number of nitrogens with one attached hydrogen (secondary N) is 2. The number of benzene rings is 3. The van der Waals surface area contributed by atoms with E-state index in [1.165, 1.54) is 29.6 Å². The number of amides is 1. The third-order valence-electron chi connectivity index (χ3n) is 8.45. The van der Waals surface area contributed by atoms with E-state index in [-0.39, 0.29) is 40.5 Å². The summed E-state index contributed by atoms with van der Waals surface area (Å²) in [6.07, 6.45) is -0.425. The monoisotopic (exact) mass is 691 g/mol. The van der Waals surface area contributed by atoms with Gasteiger partial charge in [-0.1, -0.05) is 73.4 Å². The number of piperazine rings is 1. The van der Waals surface area contributed by atoms with Crippen LogP contribution in [0.2, 0.25) is 10.0 Å². The van der Waals surface area contributed by atoms with E-state index in [9.17, 15) is 18.0 Å². The predicted molar refractivity (Wildman–Crippen MR) is 178 cm³/mol. The third-order valence-corrected chi connectivity index (χ3v) is 11.3. The molecule has 1 amide bonds. The van der Waals surface area contributed by atoms with Crippen molar-refractivity contribution in [1.82, 2.24) is 14.9 Å². The van der Waals surface area contributed by atoms with Crippen molar-refractivity contribution in [2.45, 2.75) is 69.0 Å². The minimum atomic E-state index is -3.95. The zero-order valence-electron chi connectivity index (χ0n) is 26.3. The van der Waals surface area contributed by atoms with Crippen molar-refractivity contribution in [2.75, 3.05) is 20.2 Å². The van der Waals surface area contributed by atoms with Crippen LogP contribution in [0.15, 0.2) is 71.6 Å². The summed E-state index contributed by atoms with van der Waals surface area (Å²) in [7, 11) is -2.73. The highest BCUT2D eigenvalue weighted by molar-refractivity contribution is 7.89. The van der Waals surface area contributed by atoms with Crippen molar-refractivity contribution in [3.63, 3.8) is 0 Å². The van der Waals surface area contributed by atoms with Crippen LogP contribution in [0.4, 0.5) is 9.18 Å². The SMILES string of the molecule is COC(=O)N[C@H](C(=O)Cc1cccc(F)c1CC[C@H]1CNC[C@H](C)N1S(=O)(=O)c1ccccc1Cl)[C@@H](c1ccc(Cl)cc1)C(C)C. The van der Waals surface area contributed by atoms with Crippen LogP contribution in [0.1, 0.15) is 49.8 Å². The lowest BCUT2D eigenvalue weighted by Crippen LogP contribution is -2.58. The Morgan fingerprint density at radius 2 is 1.74 bits per heavy atom. The van der Waals surface area contributed by atoms with Crippen LogP contribution in [-0.2, 0) is 32.4 Å². The average molecular weight is 693 g/mol. The Hall–Kier alpha value is -3.02. The summed E-state index contributed by atoms with van der Waals surface area (Å²) >= 11 is 12.4. The van der Waals surface area contributed by atoms with E-state index in [2.05, 4.69) is 10.6 Å².